The molecule has 2 nitrogen and oxygen atoms in total. The van der Waals surface area contributed by atoms with Crippen LogP contribution in [0.2, 0.25) is 0 Å². The average molecular weight is 225 g/mol. The maximum Gasteiger partial charge on any atom is 0.123 e. The fourth-order valence-corrected chi connectivity index (χ4v) is 1.62. The van der Waals surface area contributed by atoms with Gasteiger partial charge in [0.1, 0.15) is 5.82 Å². The van der Waals surface area contributed by atoms with E-state index in [1.165, 1.54) is 12.1 Å². The first-order chi connectivity index (χ1) is 7.31. The van der Waals surface area contributed by atoms with Gasteiger partial charge in [0.05, 0.1) is 12.2 Å². The van der Waals surface area contributed by atoms with Gasteiger partial charge >= 0.3 is 0 Å². The van der Waals surface area contributed by atoms with Crippen molar-refractivity contribution in [2.24, 2.45) is 0 Å². The zero-order valence-corrected chi connectivity index (χ0v) is 8.78. The van der Waals surface area contributed by atoms with Gasteiger partial charge < -0.3 is 0 Å². The van der Waals surface area contributed by atoms with Crippen LogP contribution in [0.25, 0.3) is 11.3 Å². The van der Waals surface area contributed by atoms with Gasteiger partial charge in [-0.2, -0.15) is 5.10 Å². The second kappa shape index (κ2) is 4.45. The Morgan fingerprint density at radius 1 is 1.20 bits per heavy atom. The first-order valence-electron chi connectivity index (χ1n) is 4.65. The molecule has 0 saturated heterocycles. The van der Waals surface area contributed by atoms with E-state index in [4.69, 9.17) is 11.6 Å². The van der Waals surface area contributed by atoms with Crippen molar-refractivity contribution in [3.63, 3.8) is 0 Å². The average Bonchev–Trinajstić information content (AvgIpc) is 2.68. The standard InChI is InChI=1S/C11H10ClFN2/c12-6-8-15-11(5-7-14-15)9-1-3-10(13)4-2-9/h1-5,7H,6,8H2. The van der Waals surface area contributed by atoms with Crippen LogP contribution >= 0.6 is 11.6 Å². The second-order valence-electron chi connectivity index (χ2n) is 3.14. The van der Waals surface area contributed by atoms with Crippen molar-refractivity contribution in [1.82, 2.24) is 9.78 Å². The number of benzene rings is 1. The van der Waals surface area contributed by atoms with Crippen LogP contribution in [0, 0.1) is 5.82 Å². The van der Waals surface area contributed by atoms with Crippen LogP contribution in [0.15, 0.2) is 36.5 Å². The molecule has 2 aromatic rings. The van der Waals surface area contributed by atoms with Gasteiger partial charge in [-0.25, -0.2) is 4.39 Å². The maximum absolute atomic E-state index is 12.7. The summed E-state index contributed by atoms with van der Waals surface area (Å²) >= 11 is 5.66. The number of aryl methyl sites for hydroxylation is 1. The molecule has 0 N–H and O–H groups in total. The fraction of sp³-hybridized carbons (Fsp3) is 0.182. The monoisotopic (exact) mass is 224 g/mol. The molecule has 78 valence electrons. The van der Waals surface area contributed by atoms with Crippen molar-refractivity contribution in [1.29, 1.82) is 0 Å². The predicted octanol–water partition coefficient (Wildman–Crippen LogP) is 2.93. The molecule has 1 aromatic heterocycles. The van der Waals surface area contributed by atoms with Gasteiger partial charge in [0.2, 0.25) is 0 Å². The Hall–Kier alpha value is -1.35. The smallest absolute Gasteiger partial charge is 0.123 e. The quantitative estimate of drug-likeness (QED) is 0.733. The zero-order valence-electron chi connectivity index (χ0n) is 8.03. The number of hydrogen-bond donors (Lipinski definition) is 0. The van der Waals surface area contributed by atoms with Crippen molar-refractivity contribution < 1.29 is 4.39 Å². The molecule has 0 aliphatic heterocycles. The normalized spacial score (nSPS) is 10.5. The predicted molar refractivity (Wildman–Crippen MR) is 58.3 cm³/mol. The van der Waals surface area contributed by atoms with Crippen molar-refractivity contribution in [2.75, 3.05) is 5.88 Å². The summed E-state index contributed by atoms with van der Waals surface area (Å²) in [5.74, 6) is 0.276. The van der Waals surface area contributed by atoms with Crippen LogP contribution in [-0.4, -0.2) is 15.7 Å². The Labute approximate surface area is 92.3 Å². The Morgan fingerprint density at radius 3 is 2.60 bits per heavy atom. The van der Waals surface area contributed by atoms with Gasteiger partial charge in [0, 0.05) is 12.1 Å². The van der Waals surface area contributed by atoms with Gasteiger partial charge in [-0.15, -0.1) is 11.6 Å². The number of halogens is 2. The Bertz CT molecular complexity index is 436. The number of nitrogens with zero attached hydrogens (tertiary/aromatic N) is 2. The maximum atomic E-state index is 12.7. The molecule has 0 unspecified atom stereocenters. The summed E-state index contributed by atoms with van der Waals surface area (Å²) in [5, 5.41) is 4.14. The topological polar surface area (TPSA) is 17.8 Å². The fourth-order valence-electron chi connectivity index (χ4n) is 1.46. The second-order valence-corrected chi connectivity index (χ2v) is 3.51. The lowest BCUT2D eigenvalue weighted by molar-refractivity contribution is 0.627. The van der Waals surface area contributed by atoms with Crippen LogP contribution < -0.4 is 0 Å². The number of rotatable bonds is 3. The van der Waals surface area contributed by atoms with Crippen molar-refractivity contribution >= 4 is 11.6 Å². The minimum atomic E-state index is -0.234. The third-order valence-electron chi connectivity index (χ3n) is 2.15. The Morgan fingerprint density at radius 2 is 1.93 bits per heavy atom. The van der Waals surface area contributed by atoms with Crippen LogP contribution in [0.3, 0.4) is 0 Å². The molecule has 0 radical (unpaired) electrons. The summed E-state index contributed by atoms with van der Waals surface area (Å²) in [5.41, 5.74) is 1.90. The highest BCUT2D eigenvalue weighted by Gasteiger charge is 2.04. The Balaban J connectivity index is 2.36. The van der Waals surface area contributed by atoms with Gasteiger partial charge in [-0.05, 0) is 35.9 Å². The molecule has 0 bridgehead atoms. The molecule has 0 spiro atoms. The third kappa shape index (κ3) is 2.18. The van der Waals surface area contributed by atoms with Crippen LogP contribution in [0.4, 0.5) is 4.39 Å². The molecule has 4 heteroatoms. The van der Waals surface area contributed by atoms with E-state index in [2.05, 4.69) is 5.10 Å². The molecule has 15 heavy (non-hydrogen) atoms. The molecule has 0 atom stereocenters. The largest absolute Gasteiger partial charge is 0.264 e. The lowest BCUT2D eigenvalue weighted by Gasteiger charge is -2.05. The van der Waals surface area contributed by atoms with Crippen molar-refractivity contribution in [3.05, 3.63) is 42.3 Å². The molecule has 0 amide bonds. The highest BCUT2D eigenvalue weighted by atomic mass is 35.5. The highest BCUT2D eigenvalue weighted by molar-refractivity contribution is 6.17. The lowest BCUT2D eigenvalue weighted by atomic mass is 10.1. The summed E-state index contributed by atoms with van der Waals surface area (Å²) < 4.78 is 14.5. The summed E-state index contributed by atoms with van der Waals surface area (Å²) in [4.78, 5) is 0. The highest BCUT2D eigenvalue weighted by Crippen LogP contribution is 2.19. The van der Waals surface area contributed by atoms with Gasteiger partial charge in [0.25, 0.3) is 0 Å². The minimum absolute atomic E-state index is 0.234. The van der Waals surface area contributed by atoms with E-state index in [9.17, 15) is 4.39 Å². The number of hydrogen-bond acceptors (Lipinski definition) is 1. The summed E-state index contributed by atoms with van der Waals surface area (Å²) in [7, 11) is 0. The van der Waals surface area contributed by atoms with Crippen LogP contribution in [0.1, 0.15) is 0 Å². The van der Waals surface area contributed by atoms with Crippen LogP contribution in [-0.2, 0) is 6.54 Å². The minimum Gasteiger partial charge on any atom is -0.264 e. The van der Waals surface area contributed by atoms with E-state index >= 15 is 0 Å². The molecule has 0 aliphatic rings. The van der Waals surface area contributed by atoms with E-state index in [0.717, 1.165) is 11.3 Å². The van der Waals surface area contributed by atoms with E-state index < -0.39 is 0 Å². The zero-order chi connectivity index (χ0) is 10.7. The molecule has 1 heterocycles. The third-order valence-corrected chi connectivity index (χ3v) is 2.32. The summed E-state index contributed by atoms with van der Waals surface area (Å²) in [6, 6.07) is 8.23. The van der Waals surface area contributed by atoms with Gasteiger partial charge in [0.15, 0.2) is 0 Å². The van der Waals surface area contributed by atoms with Crippen molar-refractivity contribution in [2.45, 2.75) is 6.54 Å². The molecular weight excluding hydrogens is 215 g/mol. The van der Waals surface area contributed by atoms with E-state index in [0.29, 0.717) is 12.4 Å². The Kier molecular flexibility index (Phi) is 3.02. The van der Waals surface area contributed by atoms with E-state index in [-0.39, 0.29) is 5.82 Å². The molecule has 0 saturated carbocycles. The molecule has 1 aromatic carbocycles. The van der Waals surface area contributed by atoms with Gasteiger partial charge in [-0.3, -0.25) is 4.68 Å². The van der Waals surface area contributed by atoms with E-state index in [1.807, 2.05) is 6.07 Å². The first-order valence-corrected chi connectivity index (χ1v) is 5.18. The van der Waals surface area contributed by atoms with Crippen LogP contribution in [0.5, 0.6) is 0 Å². The van der Waals surface area contributed by atoms with Gasteiger partial charge in [-0.1, -0.05) is 0 Å². The number of aromatic nitrogens is 2. The van der Waals surface area contributed by atoms with Crippen molar-refractivity contribution in [3.8, 4) is 11.3 Å². The molecule has 0 fully saturated rings. The molecule has 2 rings (SSSR count). The number of alkyl halides is 1. The lowest BCUT2D eigenvalue weighted by Crippen LogP contribution is -2.02. The summed E-state index contributed by atoms with van der Waals surface area (Å²) in [6.07, 6.45) is 1.71. The molecule has 0 aliphatic carbocycles. The summed E-state index contributed by atoms with van der Waals surface area (Å²) in [6.45, 7) is 0.654. The van der Waals surface area contributed by atoms with E-state index in [1.54, 1.807) is 23.0 Å². The molecular formula is C11H10ClFN2. The first kappa shape index (κ1) is 10.2. The SMILES string of the molecule is Fc1ccc(-c2ccnn2CCCl)cc1.